The second-order valence-corrected chi connectivity index (χ2v) is 8.94. The van der Waals surface area contributed by atoms with Crippen LogP contribution < -0.4 is 5.32 Å². The Kier molecular flexibility index (Phi) is 5.84. The number of carbonyl (C=O) groups excluding carboxylic acids is 1. The van der Waals surface area contributed by atoms with Crippen LogP contribution in [0.2, 0.25) is 5.02 Å². The largest absolute Gasteiger partial charge is 0.349 e. The second kappa shape index (κ2) is 8.26. The van der Waals surface area contributed by atoms with Gasteiger partial charge in [-0.1, -0.05) is 48.0 Å². The number of halogens is 2. The fraction of sp³-hybridized carbons (Fsp3) is 0.375. The van der Waals surface area contributed by atoms with E-state index < -0.39 is 0 Å². The number of nitrogens with zero attached hydrogens (tertiary/aromatic N) is 2. The molecule has 158 valence electrons. The molecule has 1 N–H and O–H groups in total. The van der Waals surface area contributed by atoms with Crippen LogP contribution in [0.25, 0.3) is 22.2 Å². The van der Waals surface area contributed by atoms with E-state index in [1.54, 1.807) is 0 Å². The lowest BCUT2D eigenvalue weighted by atomic mass is 9.97. The zero-order valence-corrected chi connectivity index (χ0v) is 18.8. The third-order valence-corrected chi connectivity index (χ3v) is 7.11. The molecule has 1 aromatic heterocycles. The number of carbonyl (C=O) groups is 1. The predicted molar refractivity (Wildman–Crippen MR) is 126 cm³/mol. The first kappa shape index (κ1) is 21.2. The fourth-order valence-corrected chi connectivity index (χ4v) is 5.53. The first-order valence-electron chi connectivity index (χ1n) is 10.4. The Balaban J connectivity index is 0.00000218. The molecule has 30 heavy (non-hydrogen) atoms. The van der Waals surface area contributed by atoms with Crippen molar-refractivity contribution in [3.8, 4) is 11.3 Å². The standard InChI is InChI=1S/C24H26ClN3O.ClH/c1-27-18-9-10-19(27)14-17(13-18)26-24(29)22-20-11-8-16(25)12-21(20)28(2)23(22)15-6-4-3-5-7-15;/h3-8,11-12,17-19H,9-10,13-14H2,1-2H3,(H,26,29);1H/t17-,18+,19-;. The maximum Gasteiger partial charge on any atom is 0.254 e. The Morgan fingerprint density at radius 2 is 1.70 bits per heavy atom. The van der Waals surface area contributed by atoms with Crippen molar-refractivity contribution in [2.45, 2.75) is 43.8 Å². The molecule has 6 heteroatoms. The van der Waals surface area contributed by atoms with Crippen LogP contribution in [-0.2, 0) is 7.05 Å². The molecule has 2 aliphatic heterocycles. The van der Waals surface area contributed by atoms with Crippen molar-refractivity contribution in [2.75, 3.05) is 7.05 Å². The molecule has 0 aliphatic carbocycles. The van der Waals surface area contributed by atoms with Gasteiger partial charge in [0, 0.05) is 35.6 Å². The second-order valence-electron chi connectivity index (χ2n) is 8.50. The molecule has 2 saturated heterocycles. The lowest BCUT2D eigenvalue weighted by Crippen LogP contribution is -2.48. The highest BCUT2D eigenvalue weighted by Crippen LogP contribution is 2.36. The minimum Gasteiger partial charge on any atom is -0.349 e. The van der Waals surface area contributed by atoms with E-state index in [0.29, 0.717) is 17.1 Å². The summed E-state index contributed by atoms with van der Waals surface area (Å²) in [5.74, 6) is 0.0192. The smallest absolute Gasteiger partial charge is 0.254 e. The van der Waals surface area contributed by atoms with Gasteiger partial charge < -0.3 is 14.8 Å². The highest BCUT2D eigenvalue weighted by molar-refractivity contribution is 6.31. The first-order chi connectivity index (χ1) is 14.0. The molecule has 3 heterocycles. The number of fused-ring (bicyclic) bond motifs is 3. The van der Waals surface area contributed by atoms with Crippen molar-refractivity contribution in [3.63, 3.8) is 0 Å². The molecule has 0 saturated carbocycles. The number of rotatable bonds is 3. The van der Waals surface area contributed by atoms with Crippen LogP contribution in [0.4, 0.5) is 0 Å². The number of nitrogens with one attached hydrogen (secondary N) is 1. The van der Waals surface area contributed by atoms with E-state index in [4.69, 9.17) is 11.6 Å². The van der Waals surface area contributed by atoms with E-state index in [1.165, 1.54) is 12.8 Å². The molecule has 2 bridgehead atoms. The Morgan fingerprint density at radius 1 is 1.03 bits per heavy atom. The average Bonchev–Trinajstić information content (AvgIpc) is 3.10. The molecule has 0 unspecified atom stereocenters. The molecule has 2 aliphatic rings. The maximum absolute atomic E-state index is 13.6. The third-order valence-electron chi connectivity index (χ3n) is 6.87. The topological polar surface area (TPSA) is 37.3 Å². The predicted octanol–water partition coefficient (Wildman–Crippen LogP) is 5.28. The molecular formula is C24H27Cl2N3O. The van der Waals surface area contributed by atoms with Gasteiger partial charge in [-0.2, -0.15) is 0 Å². The van der Waals surface area contributed by atoms with Crippen molar-refractivity contribution in [1.82, 2.24) is 14.8 Å². The summed E-state index contributed by atoms with van der Waals surface area (Å²) in [5.41, 5.74) is 3.70. The third kappa shape index (κ3) is 3.51. The molecule has 4 nitrogen and oxygen atoms in total. The normalized spacial score (nSPS) is 23.4. The SMILES string of the molecule is CN1[C@@H]2CC[C@H]1C[C@@H](NC(=O)c1c(-c3ccccc3)n(C)c3cc(Cl)ccc13)C2.Cl. The van der Waals surface area contributed by atoms with Crippen LogP contribution in [0, 0.1) is 0 Å². The van der Waals surface area contributed by atoms with E-state index in [1.807, 2.05) is 43.4 Å². The molecule has 2 fully saturated rings. The van der Waals surface area contributed by atoms with Gasteiger partial charge in [0.15, 0.2) is 0 Å². The van der Waals surface area contributed by atoms with Crippen molar-refractivity contribution in [2.24, 2.45) is 7.05 Å². The summed E-state index contributed by atoms with van der Waals surface area (Å²) in [5, 5.41) is 5.00. The number of aromatic nitrogens is 1. The Bertz CT molecular complexity index is 1060. The van der Waals surface area contributed by atoms with Crippen LogP contribution in [-0.4, -0.2) is 40.5 Å². The minimum absolute atomic E-state index is 0. The van der Waals surface area contributed by atoms with Crippen LogP contribution in [0.1, 0.15) is 36.0 Å². The number of hydrogen-bond donors (Lipinski definition) is 1. The van der Waals surface area contributed by atoms with Gasteiger partial charge in [-0.25, -0.2) is 0 Å². The number of amides is 1. The van der Waals surface area contributed by atoms with Crippen molar-refractivity contribution >= 4 is 40.8 Å². The van der Waals surface area contributed by atoms with E-state index in [9.17, 15) is 4.79 Å². The zero-order valence-electron chi connectivity index (χ0n) is 17.3. The van der Waals surface area contributed by atoms with Gasteiger partial charge in [-0.3, -0.25) is 4.79 Å². The monoisotopic (exact) mass is 443 g/mol. The number of piperidine rings is 1. The van der Waals surface area contributed by atoms with Crippen molar-refractivity contribution < 1.29 is 4.79 Å². The van der Waals surface area contributed by atoms with Gasteiger partial charge in [0.1, 0.15) is 0 Å². The van der Waals surface area contributed by atoms with E-state index in [2.05, 4.69) is 34.0 Å². The van der Waals surface area contributed by atoms with Gasteiger partial charge in [-0.15, -0.1) is 12.4 Å². The molecule has 2 aromatic carbocycles. The summed E-state index contributed by atoms with van der Waals surface area (Å²) in [6.07, 6.45) is 4.57. The molecule has 3 atom stereocenters. The van der Waals surface area contributed by atoms with E-state index in [-0.39, 0.29) is 24.4 Å². The number of aryl methyl sites for hydroxylation is 1. The summed E-state index contributed by atoms with van der Waals surface area (Å²) >= 11 is 6.27. The lowest BCUT2D eigenvalue weighted by Gasteiger charge is -2.36. The first-order valence-corrected chi connectivity index (χ1v) is 10.8. The molecule has 0 radical (unpaired) electrons. The average molecular weight is 444 g/mol. The highest BCUT2D eigenvalue weighted by Gasteiger charge is 2.39. The summed E-state index contributed by atoms with van der Waals surface area (Å²) in [6.45, 7) is 0. The lowest BCUT2D eigenvalue weighted by molar-refractivity contribution is 0.0884. The molecule has 5 rings (SSSR count). The van der Waals surface area contributed by atoms with Crippen molar-refractivity contribution in [3.05, 3.63) is 59.1 Å². The van der Waals surface area contributed by atoms with Gasteiger partial charge in [0.2, 0.25) is 0 Å². The van der Waals surface area contributed by atoms with E-state index in [0.717, 1.165) is 40.6 Å². The Labute approximate surface area is 188 Å². The van der Waals surface area contributed by atoms with Gasteiger partial charge >= 0.3 is 0 Å². The quantitative estimate of drug-likeness (QED) is 0.597. The van der Waals surface area contributed by atoms with Crippen molar-refractivity contribution in [1.29, 1.82) is 0 Å². The van der Waals surface area contributed by atoms with Crippen LogP contribution in [0.3, 0.4) is 0 Å². The maximum atomic E-state index is 13.6. The van der Waals surface area contributed by atoms with Gasteiger partial charge in [0.25, 0.3) is 5.91 Å². The van der Waals surface area contributed by atoms with Gasteiger partial charge in [-0.05, 0) is 50.4 Å². The Morgan fingerprint density at radius 3 is 2.37 bits per heavy atom. The molecule has 0 spiro atoms. The fourth-order valence-electron chi connectivity index (χ4n) is 5.36. The summed E-state index contributed by atoms with van der Waals surface area (Å²) in [4.78, 5) is 16.1. The van der Waals surface area contributed by atoms with E-state index >= 15 is 0 Å². The van der Waals surface area contributed by atoms with Gasteiger partial charge in [0.05, 0.1) is 16.8 Å². The molecule has 1 amide bonds. The summed E-state index contributed by atoms with van der Waals surface area (Å²) < 4.78 is 2.09. The van der Waals surface area contributed by atoms with Crippen LogP contribution >= 0.6 is 24.0 Å². The summed E-state index contributed by atoms with van der Waals surface area (Å²) in [7, 11) is 4.23. The molecule has 3 aromatic rings. The molecular weight excluding hydrogens is 417 g/mol. The van der Waals surface area contributed by atoms with Crippen LogP contribution in [0.15, 0.2) is 48.5 Å². The van der Waals surface area contributed by atoms with Crippen LogP contribution in [0.5, 0.6) is 0 Å². The Hall–Kier alpha value is -2.01. The number of benzene rings is 2. The zero-order chi connectivity index (χ0) is 20.1. The highest BCUT2D eigenvalue weighted by atomic mass is 35.5. The number of hydrogen-bond acceptors (Lipinski definition) is 2. The summed E-state index contributed by atoms with van der Waals surface area (Å²) in [6, 6.07) is 17.3. The minimum atomic E-state index is 0.